The number of thiol groups is 1. The first kappa shape index (κ1) is 32.0. The van der Waals surface area contributed by atoms with Gasteiger partial charge in [0.1, 0.15) is 23.9 Å². The highest BCUT2D eigenvalue weighted by molar-refractivity contribution is 7.80. The van der Waals surface area contributed by atoms with Crippen molar-refractivity contribution in [1.29, 1.82) is 0 Å². The maximum Gasteiger partial charge on any atom is 0.327 e. The van der Waals surface area contributed by atoms with Gasteiger partial charge in [-0.15, -0.1) is 0 Å². The molecule has 0 heterocycles. The molecule has 1 aromatic rings. The Labute approximate surface area is 224 Å². The first-order valence-corrected chi connectivity index (χ1v) is 12.1. The highest BCUT2D eigenvalue weighted by Crippen LogP contribution is 2.11. The molecule has 38 heavy (non-hydrogen) atoms. The van der Waals surface area contributed by atoms with Gasteiger partial charge in [0.25, 0.3) is 0 Å². The molecule has 0 fully saturated rings. The Morgan fingerprint density at radius 2 is 1.45 bits per heavy atom. The summed E-state index contributed by atoms with van der Waals surface area (Å²) >= 11 is 3.85. The van der Waals surface area contributed by atoms with Crippen LogP contribution in [0.2, 0.25) is 0 Å². The van der Waals surface area contributed by atoms with Gasteiger partial charge in [0.2, 0.25) is 23.6 Å². The van der Waals surface area contributed by atoms with Crippen LogP contribution in [-0.4, -0.2) is 82.2 Å². The van der Waals surface area contributed by atoms with Crippen molar-refractivity contribution in [2.75, 3.05) is 12.3 Å². The van der Waals surface area contributed by atoms with Gasteiger partial charge in [-0.25, -0.2) is 4.79 Å². The molecule has 0 radical (unpaired) electrons. The molecule has 0 saturated heterocycles. The number of nitrogens with zero attached hydrogens (tertiary/aromatic N) is 1. The van der Waals surface area contributed by atoms with Gasteiger partial charge in [-0.3, -0.25) is 24.2 Å². The molecule has 0 saturated carbocycles. The van der Waals surface area contributed by atoms with Crippen molar-refractivity contribution in [2.45, 2.75) is 49.9 Å². The van der Waals surface area contributed by atoms with E-state index in [1.54, 1.807) is 12.1 Å². The summed E-state index contributed by atoms with van der Waals surface area (Å²) in [5, 5.41) is 25.5. The smallest absolute Gasteiger partial charge is 0.327 e. The second kappa shape index (κ2) is 15.9. The minimum atomic E-state index is -1.52. The SMILES string of the molecule is NC(=O)CC(NC(=O)C(CCCN=C(N)N)NC(=O)C(N)Cc1ccc(O)cc1)C(=O)NC(CS)C(=O)O. The van der Waals surface area contributed by atoms with E-state index in [4.69, 9.17) is 28.0 Å². The first-order valence-electron chi connectivity index (χ1n) is 11.5. The third-order valence-electron chi connectivity index (χ3n) is 5.14. The van der Waals surface area contributed by atoms with Crippen LogP contribution in [0, 0.1) is 0 Å². The number of carboxylic acid groups (broad SMARTS) is 1. The van der Waals surface area contributed by atoms with Gasteiger partial charge >= 0.3 is 5.97 Å². The molecule has 1 rings (SSSR count). The van der Waals surface area contributed by atoms with Crippen LogP contribution in [0.15, 0.2) is 29.3 Å². The van der Waals surface area contributed by atoms with E-state index >= 15 is 0 Å². The van der Waals surface area contributed by atoms with E-state index in [1.165, 1.54) is 12.1 Å². The van der Waals surface area contributed by atoms with Gasteiger partial charge < -0.3 is 49.1 Å². The highest BCUT2D eigenvalue weighted by Gasteiger charge is 2.31. The van der Waals surface area contributed by atoms with Crippen molar-refractivity contribution in [3.05, 3.63) is 29.8 Å². The monoisotopic (exact) mass is 554 g/mol. The number of nitrogens with two attached hydrogens (primary N) is 4. The fraction of sp³-hybridized carbons (Fsp3) is 0.455. The maximum absolute atomic E-state index is 13.1. The van der Waals surface area contributed by atoms with Crippen molar-refractivity contribution >= 4 is 48.2 Å². The number of hydrogen-bond donors (Lipinski definition) is 10. The Kier molecular flexibility index (Phi) is 13.4. The fourth-order valence-electron chi connectivity index (χ4n) is 3.17. The second-order valence-electron chi connectivity index (χ2n) is 8.30. The zero-order chi connectivity index (χ0) is 28.8. The molecule has 0 aliphatic rings. The quantitative estimate of drug-likeness (QED) is 0.0419. The molecule has 13 N–H and O–H groups in total. The molecule has 0 aliphatic carbocycles. The van der Waals surface area contributed by atoms with Crippen molar-refractivity contribution < 1.29 is 34.2 Å². The summed E-state index contributed by atoms with van der Waals surface area (Å²) in [6.45, 7) is 0.134. The number of aliphatic carboxylic acids is 1. The lowest BCUT2D eigenvalue weighted by Gasteiger charge is -2.24. The second-order valence-corrected chi connectivity index (χ2v) is 8.67. The number of phenolic OH excluding ortho intramolecular Hbond substituents is 1. The molecule has 210 valence electrons. The minimum Gasteiger partial charge on any atom is -0.508 e. The van der Waals surface area contributed by atoms with Crippen molar-refractivity contribution in [3.63, 3.8) is 0 Å². The number of nitrogens with one attached hydrogen (secondary N) is 3. The molecule has 15 nitrogen and oxygen atoms in total. The Balaban J connectivity index is 3.01. The number of amides is 4. The average molecular weight is 555 g/mol. The predicted octanol–water partition coefficient (Wildman–Crippen LogP) is -3.34. The average Bonchev–Trinajstić information content (AvgIpc) is 2.84. The van der Waals surface area contributed by atoms with Crippen LogP contribution in [-0.2, 0) is 30.4 Å². The van der Waals surface area contributed by atoms with Crippen LogP contribution >= 0.6 is 12.6 Å². The number of carboxylic acids is 1. The molecular weight excluding hydrogens is 520 g/mol. The van der Waals surface area contributed by atoms with E-state index in [2.05, 4.69) is 33.6 Å². The molecule has 4 atom stereocenters. The van der Waals surface area contributed by atoms with Crippen LogP contribution in [0.5, 0.6) is 5.75 Å². The molecule has 0 bridgehead atoms. The number of guanidine groups is 1. The van der Waals surface area contributed by atoms with Gasteiger partial charge in [-0.05, 0) is 37.0 Å². The maximum atomic E-state index is 13.1. The van der Waals surface area contributed by atoms with Crippen LogP contribution < -0.4 is 38.9 Å². The van der Waals surface area contributed by atoms with Gasteiger partial charge in [0.05, 0.1) is 12.5 Å². The van der Waals surface area contributed by atoms with Crippen LogP contribution in [0.1, 0.15) is 24.8 Å². The summed E-state index contributed by atoms with van der Waals surface area (Å²) in [6.07, 6.45) is -0.260. The van der Waals surface area contributed by atoms with Crippen molar-refractivity contribution in [3.8, 4) is 5.75 Å². The van der Waals surface area contributed by atoms with Crippen molar-refractivity contribution in [1.82, 2.24) is 16.0 Å². The lowest BCUT2D eigenvalue weighted by atomic mass is 10.0. The zero-order valence-electron chi connectivity index (χ0n) is 20.5. The summed E-state index contributed by atoms with van der Waals surface area (Å²) in [7, 11) is 0. The van der Waals surface area contributed by atoms with Gasteiger partial charge in [0, 0.05) is 12.3 Å². The van der Waals surface area contributed by atoms with Crippen LogP contribution in [0.25, 0.3) is 0 Å². The summed E-state index contributed by atoms with van der Waals surface area (Å²) < 4.78 is 0. The Hall–Kier alpha value is -4.05. The molecule has 0 aromatic heterocycles. The number of rotatable bonds is 16. The normalized spacial score (nSPS) is 13.7. The third kappa shape index (κ3) is 11.8. The molecule has 0 aliphatic heterocycles. The minimum absolute atomic E-state index is 0.0274. The lowest BCUT2D eigenvalue weighted by molar-refractivity contribution is -0.141. The van der Waals surface area contributed by atoms with Gasteiger partial charge in [0.15, 0.2) is 5.96 Å². The predicted molar refractivity (Wildman–Crippen MR) is 141 cm³/mol. The van der Waals surface area contributed by atoms with E-state index < -0.39 is 60.2 Å². The van der Waals surface area contributed by atoms with E-state index in [0.717, 1.165) is 0 Å². The Bertz CT molecular complexity index is 1020. The van der Waals surface area contributed by atoms with E-state index in [0.29, 0.717) is 5.56 Å². The number of aromatic hydroxyl groups is 1. The van der Waals surface area contributed by atoms with Gasteiger partial charge in [-0.1, -0.05) is 12.1 Å². The zero-order valence-corrected chi connectivity index (χ0v) is 21.4. The number of benzene rings is 1. The number of carbonyl (C=O) groups is 5. The molecule has 16 heteroatoms. The number of carbonyl (C=O) groups excluding carboxylic acids is 4. The van der Waals surface area contributed by atoms with Crippen LogP contribution in [0.3, 0.4) is 0 Å². The number of hydrogen-bond acceptors (Lipinski definition) is 9. The number of phenols is 1. The number of aliphatic imine (C=N–C) groups is 1. The largest absolute Gasteiger partial charge is 0.508 e. The highest BCUT2D eigenvalue weighted by atomic mass is 32.1. The fourth-order valence-corrected chi connectivity index (χ4v) is 3.42. The molecule has 4 unspecified atom stereocenters. The summed E-state index contributed by atoms with van der Waals surface area (Å²) in [4.78, 5) is 65.0. The molecular formula is C22H34N8O7S. The van der Waals surface area contributed by atoms with Crippen molar-refractivity contribution in [2.24, 2.45) is 27.9 Å². The molecule has 1 aromatic carbocycles. The van der Waals surface area contributed by atoms with Crippen LogP contribution in [0.4, 0.5) is 0 Å². The standard InChI is InChI=1S/C22H34N8O7S/c23-13(8-11-3-5-12(31)6-4-11)18(33)28-14(2-1-7-27-22(25)26)19(34)29-15(9-17(24)32)20(35)30-16(10-38)21(36)37/h3-6,13-16,31,38H,1-2,7-10,23H2,(H2,24,32)(H,28,33)(H,29,34)(H,30,35)(H,36,37)(H4,25,26,27). The Morgan fingerprint density at radius 3 is 1.97 bits per heavy atom. The van der Waals surface area contributed by atoms with E-state index in [9.17, 15) is 29.1 Å². The number of primary amides is 1. The molecule has 0 spiro atoms. The summed E-state index contributed by atoms with van der Waals surface area (Å²) in [5.41, 5.74) is 22.5. The third-order valence-corrected chi connectivity index (χ3v) is 5.51. The van der Waals surface area contributed by atoms with E-state index in [-0.39, 0.29) is 43.3 Å². The topological polar surface area (TPSA) is 278 Å². The first-order chi connectivity index (χ1) is 17.8. The van der Waals surface area contributed by atoms with E-state index in [1.807, 2.05) is 0 Å². The molecule has 4 amide bonds. The Morgan fingerprint density at radius 1 is 0.895 bits per heavy atom. The lowest BCUT2D eigenvalue weighted by Crippen LogP contribution is -2.58. The summed E-state index contributed by atoms with van der Waals surface area (Å²) in [5.74, 6) is -5.19. The van der Waals surface area contributed by atoms with Gasteiger partial charge in [-0.2, -0.15) is 12.6 Å². The summed E-state index contributed by atoms with van der Waals surface area (Å²) in [6, 6.07) is 0.859.